The van der Waals surface area contributed by atoms with Crippen LogP contribution in [0.2, 0.25) is 0 Å². The Morgan fingerprint density at radius 1 is 0.577 bits per heavy atom. The fourth-order valence-electron chi connectivity index (χ4n) is 3.06. The standard InChI is InChI=1S/C23H15IOS/c24-21-19(16-10-4-1-5-11-16)20(17-12-6-2-7-13-17)22(25-23(21)26)18-14-8-3-9-15-18/h1-15H. The predicted octanol–water partition coefficient (Wildman–Crippen LogP) is 7.61. The van der Waals surface area contributed by atoms with Gasteiger partial charge in [0, 0.05) is 16.7 Å². The van der Waals surface area contributed by atoms with E-state index in [2.05, 4.69) is 71.1 Å². The third-order valence-electron chi connectivity index (χ3n) is 4.23. The second kappa shape index (κ2) is 7.56. The van der Waals surface area contributed by atoms with Gasteiger partial charge in [0.05, 0.1) is 3.57 Å². The molecule has 0 amide bonds. The minimum Gasteiger partial charge on any atom is -0.443 e. The van der Waals surface area contributed by atoms with E-state index in [0.717, 1.165) is 37.1 Å². The van der Waals surface area contributed by atoms with Crippen molar-refractivity contribution in [3.8, 4) is 33.6 Å². The van der Waals surface area contributed by atoms with Crippen LogP contribution in [-0.4, -0.2) is 0 Å². The minimum absolute atomic E-state index is 0.517. The molecule has 126 valence electrons. The van der Waals surface area contributed by atoms with E-state index in [-0.39, 0.29) is 0 Å². The maximum absolute atomic E-state index is 6.15. The molecule has 0 aliphatic heterocycles. The first-order valence-corrected chi connectivity index (χ1v) is 9.77. The minimum atomic E-state index is 0.517. The third-order valence-corrected chi connectivity index (χ3v) is 5.91. The number of benzene rings is 3. The van der Waals surface area contributed by atoms with Gasteiger partial charge in [0.25, 0.3) is 0 Å². The molecule has 0 spiro atoms. The van der Waals surface area contributed by atoms with Gasteiger partial charge in [-0.3, -0.25) is 0 Å². The molecule has 0 bridgehead atoms. The molecule has 4 rings (SSSR count). The number of hydrogen-bond acceptors (Lipinski definition) is 2. The molecular formula is C23H15IOS. The third kappa shape index (κ3) is 3.24. The zero-order chi connectivity index (χ0) is 17.9. The summed E-state index contributed by atoms with van der Waals surface area (Å²) < 4.78 is 7.63. The van der Waals surface area contributed by atoms with Gasteiger partial charge in [-0.15, -0.1) is 0 Å². The average molecular weight is 466 g/mol. The maximum atomic E-state index is 6.15. The molecule has 0 N–H and O–H groups in total. The van der Waals surface area contributed by atoms with Gasteiger partial charge in [0.1, 0.15) is 5.76 Å². The Kier molecular flexibility index (Phi) is 5.00. The van der Waals surface area contributed by atoms with Crippen LogP contribution >= 0.6 is 34.8 Å². The molecule has 0 atom stereocenters. The smallest absolute Gasteiger partial charge is 0.204 e. The highest BCUT2D eigenvalue weighted by molar-refractivity contribution is 14.1. The lowest BCUT2D eigenvalue weighted by Crippen LogP contribution is -1.94. The van der Waals surface area contributed by atoms with Crippen molar-refractivity contribution in [3.05, 3.63) is 99.3 Å². The van der Waals surface area contributed by atoms with E-state index in [1.54, 1.807) is 0 Å². The zero-order valence-corrected chi connectivity index (χ0v) is 16.8. The van der Waals surface area contributed by atoms with Crippen molar-refractivity contribution < 1.29 is 4.42 Å². The summed E-state index contributed by atoms with van der Waals surface area (Å²) in [5, 5.41) is 0. The summed E-state index contributed by atoms with van der Waals surface area (Å²) in [5.74, 6) is 0.807. The van der Waals surface area contributed by atoms with Crippen LogP contribution in [0.5, 0.6) is 0 Å². The highest BCUT2D eigenvalue weighted by Crippen LogP contribution is 2.43. The molecule has 1 aromatic heterocycles. The zero-order valence-electron chi connectivity index (χ0n) is 13.9. The Labute approximate surface area is 171 Å². The lowest BCUT2D eigenvalue weighted by molar-refractivity contribution is 0.548. The van der Waals surface area contributed by atoms with Crippen molar-refractivity contribution in [1.29, 1.82) is 0 Å². The highest BCUT2D eigenvalue weighted by atomic mass is 127. The van der Waals surface area contributed by atoms with Crippen LogP contribution in [0.25, 0.3) is 33.6 Å². The fourth-order valence-corrected chi connectivity index (χ4v) is 3.94. The monoisotopic (exact) mass is 466 g/mol. The molecule has 3 aromatic carbocycles. The van der Waals surface area contributed by atoms with E-state index in [1.165, 1.54) is 0 Å². The molecule has 0 saturated carbocycles. The van der Waals surface area contributed by atoms with Gasteiger partial charge in [-0.05, 0) is 45.9 Å². The van der Waals surface area contributed by atoms with Gasteiger partial charge in [-0.2, -0.15) is 0 Å². The van der Waals surface area contributed by atoms with E-state index in [9.17, 15) is 0 Å². The van der Waals surface area contributed by atoms with Gasteiger partial charge in [0.2, 0.25) is 4.71 Å². The van der Waals surface area contributed by atoms with Crippen molar-refractivity contribution in [2.45, 2.75) is 0 Å². The van der Waals surface area contributed by atoms with E-state index in [4.69, 9.17) is 16.6 Å². The summed E-state index contributed by atoms with van der Waals surface area (Å²) in [6.07, 6.45) is 0. The van der Waals surface area contributed by atoms with Crippen molar-refractivity contribution in [2.75, 3.05) is 0 Å². The lowest BCUT2D eigenvalue weighted by Gasteiger charge is -2.17. The Hall–Kier alpha value is -2.24. The second-order valence-electron chi connectivity index (χ2n) is 5.88. The Balaban J connectivity index is 2.14. The fraction of sp³-hybridized carbons (Fsp3) is 0. The van der Waals surface area contributed by atoms with Crippen LogP contribution in [0.4, 0.5) is 0 Å². The maximum Gasteiger partial charge on any atom is 0.204 e. The van der Waals surface area contributed by atoms with Gasteiger partial charge >= 0.3 is 0 Å². The van der Waals surface area contributed by atoms with Gasteiger partial charge in [-0.25, -0.2) is 0 Å². The molecule has 1 nitrogen and oxygen atoms in total. The van der Waals surface area contributed by atoms with Crippen LogP contribution in [0.15, 0.2) is 95.4 Å². The molecule has 1 heterocycles. The van der Waals surface area contributed by atoms with Gasteiger partial charge in [0.15, 0.2) is 0 Å². The van der Waals surface area contributed by atoms with Crippen molar-refractivity contribution in [2.24, 2.45) is 0 Å². The SMILES string of the molecule is S=c1oc(-c2ccccc2)c(-c2ccccc2)c(-c2ccccc2)c1I. The lowest BCUT2D eigenvalue weighted by atomic mass is 9.92. The van der Waals surface area contributed by atoms with Gasteiger partial charge in [-0.1, -0.05) is 91.0 Å². The molecule has 26 heavy (non-hydrogen) atoms. The van der Waals surface area contributed by atoms with Crippen molar-refractivity contribution in [3.63, 3.8) is 0 Å². The summed E-state index contributed by atoms with van der Waals surface area (Å²) in [4.78, 5) is 0. The predicted molar refractivity (Wildman–Crippen MR) is 119 cm³/mol. The molecular weight excluding hydrogens is 451 g/mol. The molecule has 0 unspecified atom stereocenters. The summed E-state index contributed by atoms with van der Waals surface area (Å²) >= 11 is 7.86. The van der Waals surface area contributed by atoms with Crippen molar-refractivity contribution in [1.82, 2.24) is 0 Å². The van der Waals surface area contributed by atoms with Gasteiger partial charge < -0.3 is 4.42 Å². The van der Waals surface area contributed by atoms with Crippen molar-refractivity contribution >= 4 is 34.8 Å². The molecule has 0 saturated heterocycles. The normalized spacial score (nSPS) is 10.7. The summed E-state index contributed by atoms with van der Waals surface area (Å²) in [6, 6.07) is 30.9. The van der Waals surface area contributed by atoms with E-state index in [0.29, 0.717) is 4.71 Å². The topological polar surface area (TPSA) is 13.1 Å². The molecule has 0 aliphatic rings. The van der Waals surface area contributed by atoms with E-state index in [1.807, 2.05) is 42.5 Å². The molecule has 0 aliphatic carbocycles. The number of halogens is 1. The first-order valence-electron chi connectivity index (χ1n) is 8.28. The number of hydrogen-bond donors (Lipinski definition) is 0. The molecule has 0 radical (unpaired) electrons. The largest absolute Gasteiger partial charge is 0.443 e. The summed E-state index contributed by atoms with van der Waals surface area (Å²) in [7, 11) is 0. The first kappa shape index (κ1) is 17.2. The second-order valence-corrected chi connectivity index (χ2v) is 7.33. The Morgan fingerprint density at radius 3 is 1.50 bits per heavy atom. The summed E-state index contributed by atoms with van der Waals surface area (Å²) in [5.41, 5.74) is 5.45. The highest BCUT2D eigenvalue weighted by Gasteiger charge is 2.20. The molecule has 0 fully saturated rings. The quantitative estimate of drug-likeness (QED) is 0.228. The van der Waals surface area contributed by atoms with E-state index >= 15 is 0 Å². The Morgan fingerprint density at radius 2 is 1.00 bits per heavy atom. The van der Waals surface area contributed by atoms with Crippen LogP contribution < -0.4 is 0 Å². The number of rotatable bonds is 3. The van der Waals surface area contributed by atoms with Crippen LogP contribution in [-0.2, 0) is 0 Å². The van der Waals surface area contributed by atoms with E-state index < -0.39 is 0 Å². The van der Waals surface area contributed by atoms with Crippen LogP contribution in [0.3, 0.4) is 0 Å². The summed E-state index contributed by atoms with van der Waals surface area (Å²) in [6.45, 7) is 0. The first-order chi connectivity index (χ1) is 12.8. The van der Waals surface area contributed by atoms with Crippen LogP contribution in [0.1, 0.15) is 0 Å². The van der Waals surface area contributed by atoms with Crippen LogP contribution in [0, 0.1) is 8.28 Å². The molecule has 3 heteroatoms. The molecule has 4 aromatic rings. The average Bonchev–Trinajstić information content (AvgIpc) is 2.71. The Bertz CT molecular complexity index is 1090.